The van der Waals surface area contributed by atoms with Gasteiger partial charge in [0.05, 0.1) is 12.2 Å². The largest absolute Gasteiger partial charge is 0.481 e. The molecule has 0 aromatic carbocycles. The number of alkyl halides is 2. The quantitative estimate of drug-likeness (QED) is 0.524. The number of epoxide rings is 2. The molecule has 1 N–H and O–H groups in total. The Morgan fingerprint density at radius 1 is 1.14 bits per heavy atom. The molecule has 84 valence electrons. The van der Waals surface area contributed by atoms with Crippen molar-refractivity contribution < 1.29 is 19.4 Å². The van der Waals surface area contributed by atoms with E-state index in [1.807, 2.05) is 13.8 Å². The first-order valence-corrected chi connectivity index (χ1v) is 5.00. The van der Waals surface area contributed by atoms with Crippen LogP contribution in [0.1, 0.15) is 20.8 Å². The first-order chi connectivity index (χ1) is 6.34. The molecule has 0 radical (unpaired) electrons. The van der Waals surface area contributed by atoms with Crippen molar-refractivity contribution in [3.63, 3.8) is 0 Å². The Bertz CT molecular complexity index is 158. The second-order valence-corrected chi connectivity index (χ2v) is 3.76. The van der Waals surface area contributed by atoms with E-state index in [9.17, 15) is 0 Å². The van der Waals surface area contributed by atoms with Crippen LogP contribution in [0.2, 0.25) is 0 Å². The van der Waals surface area contributed by atoms with Crippen molar-refractivity contribution in [1.82, 2.24) is 0 Å². The van der Waals surface area contributed by atoms with Crippen LogP contribution in [-0.4, -0.2) is 34.4 Å². The molecule has 4 nitrogen and oxygen atoms in total. The third-order valence-electron chi connectivity index (χ3n) is 1.27. The molecule has 2 fully saturated rings. The molecule has 0 aromatic rings. The number of carboxylic acid groups (broad SMARTS) is 1. The van der Waals surface area contributed by atoms with Gasteiger partial charge >= 0.3 is 0 Å². The van der Waals surface area contributed by atoms with Crippen LogP contribution in [0.3, 0.4) is 0 Å². The van der Waals surface area contributed by atoms with Crippen molar-refractivity contribution in [3.8, 4) is 0 Å². The maximum Gasteiger partial charge on any atom is 0.300 e. The predicted octanol–water partition coefficient (Wildman–Crippen LogP) is 2.03. The van der Waals surface area contributed by atoms with Crippen molar-refractivity contribution >= 4 is 29.2 Å². The number of ether oxygens (including phenoxy) is 2. The molecule has 2 rings (SSSR count). The molecular weight excluding hydrogens is 231 g/mol. The van der Waals surface area contributed by atoms with Crippen LogP contribution >= 0.6 is 23.2 Å². The lowest BCUT2D eigenvalue weighted by Gasteiger charge is -1.59. The molecule has 0 amide bonds. The monoisotopic (exact) mass is 244 g/mol. The van der Waals surface area contributed by atoms with Gasteiger partial charge in [-0.2, -0.15) is 0 Å². The molecule has 0 bridgehead atoms. The zero-order valence-electron chi connectivity index (χ0n) is 8.24. The Morgan fingerprint density at radius 3 is 1.21 bits per heavy atom. The van der Waals surface area contributed by atoms with Crippen LogP contribution in [0.5, 0.6) is 0 Å². The summed E-state index contributed by atoms with van der Waals surface area (Å²) in [5, 5.41) is 7.42. The van der Waals surface area contributed by atoms with Gasteiger partial charge in [0.25, 0.3) is 5.97 Å². The van der Waals surface area contributed by atoms with Gasteiger partial charge < -0.3 is 14.6 Å². The minimum Gasteiger partial charge on any atom is -0.481 e. The normalized spacial score (nSPS) is 36.9. The van der Waals surface area contributed by atoms with E-state index in [2.05, 4.69) is 9.47 Å². The summed E-state index contributed by atoms with van der Waals surface area (Å²) in [6.45, 7) is 4.97. The van der Waals surface area contributed by atoms with Crippen molar-refractivity contribution in [2.24, 2.45) is 0 Å². The highest BCUT2D eigenvalue weighted by atomic mass is 35.5. The molecule has 0 spiro atoms. The Hall–Kier alpha value is -0.0300. The summed E-state index contributed by atoms with van der Waals surface area (Å²) in [5.74, 6) is -0.833. The molecule has 2 heterocycles. The van der Waals surface area contributed by atoms with Crippen LogP contribution in [0.4, 0.5) is 0 Å². The molecule has 0 aliphatic carbocycles. The molecule has 2 aliphatic rings. The smallest absolute Gasteiger partial charge is 0.300 e. The number of carboxylic acids is 1. The van der Waals surface area contributed by atoms with Gasteiger partial charge in [-0.25, -0.2) is 0 Å². The van der Waals surface area contributed by atoms with Crippen molar-refractivity contribution in [1.29, 1.82) is 0 Å². The van der Waals surface area contributed by atoms with Gasteiger partial charge in [-0.3, -0.25) is 4.79 Å². The van der Waals surface area contributed by atoms with E-state index in [1.165, 1.54) is 0 Å². The molecule has 2 aliphatic heterocycles. The number of rotatable bonds is 0. The van der Waals surface area contributed by atoms with Gasteiger partial charge in [-0.15, -0.1) is 0 Å². The van der Waals surface area contributed by atoms with E-state index in [4.69, 9.17) is 33.1 Å². The zero-order valence-corrected chi connectivity index (χ0v) is 9.75. The fourth-order valence-corrected chi connectivity index (χ4v) is 0.644. The molecule has 0 aromatic heterocycles. The molecule has 4 unspecified atom stereocenters. The van der Waals surface area contributed by atoms with Gasteiger partial charge in [0, 0.05) is 6.92 Å². The topological polar surface area (TPSA) is 62.4 Å². The third-order valence-corrected chi connectivity index (χ3v) is 2.19. The summed E-state index contributed by atoms with van der Waals surface area (Å²) in [4.78, 5) is 9.00. The molecule has 0 saturated carbocycles. The van der Waals surface area contributed by atoms with Crippen LogP contribution in [0, 0.1) is 0 Å². The molecule has 2 saturated heterocycles. The summed E-state index contributed by atoms with van der Waals surface area (Å²) >= 11 is 10.6. The van der Waals surface area contributed by atoms with E-state index < -0.39 is 5.97 Å². The zero-order chi connectivity index (χ0) is 11.3. The van der Waals surface area contributed by atoms with Gasteiger partial charge in [0.2, 0.25) is 0 Å². The lowest BCUT2D eigenvalue weighted by Crippen LogP contribution is -1.78. The molecule has 14 heavy (non-hydrogen) atoms. The molecule has 4 atom stereocenters. The Morgan fingerprint density at radius 2 is 1.21 bits per heavy atom. The number of halogens is 2. The summed E-state index contributed by atoms with van der Waals surface area (Å²) in [5.41, 5.74) is 0.0463. The second-order valence-electron chi connectivity index (χ2n) is 2.90. The average Bonchev–Trinajstić information content (AvgIpc) is 2.81. The fraction of sp³-hybridized carbons (Fsp3) is 0.875. The van der Waals surface area contributed by atoms with E-state index in [0.29, 0.717) is 12.2 Å². The van der Waals surface area contributed by atoms with Crippen molar-refractivity contribution in [2.45, 2.75) is 44.1 Å². The Labute approximate surface area is 93.1 Å². The van der Waals surface area contributed by atoms with Gasteiger partial charge in [-0.05, 0) is 13.8 Å². The van der Waals surface area contributed by atoms with E-state index in [0.717, 1.165) is 6.92 Å². The number of hydrogen-bond donors (Lipinski definition) is 1. The van der Waals surface area contributed by atoms with E-state index in [-0.39, 0.29) is 11.1 Å². The lowest BCUT2D eigenvalue weighted by atomic mass is 10.6. The molecular formula is C8H14Cl2O4. The van der Waals surface area contributed by atoms with Crippen LogP contribution in [0.25, 0.3) is 0 Å². The highest BCUT2D eigenvalue weighted by molar-refractivity contribution is 6.21. The highest BCUT2D eigenvalue weighted by Crippen LogP contribution is 2.24. The van der Waals surface area contributed by atoms with Gasteiger partial charge in [0.1, 0.15) is 0 Å². The first kappa shape index (κ1) is 14.0. The van der Waals surface area contributed by atoms with Crippen LogP contribution in [0.15, 0.2) is 0 Å². The minimum atomic E-state index is -0.833. The third kappa shape index (κ3) is 10.1. The Balaban J connectivity index is 0.000000183. The summed E-state index contributed by atoms with van der Waals surface area (Å²) in [6.07, 6.45) is 0.633. The summed E-state index contributed by atoms with van der Waals surface area (Å²) in [7, 11) is 0. The van der Waals surface area contributed by atoms with Crippen LogP contribution in [-0.2, 0) is 14.3 Å². The average molecular weight is 245 g/mol. The SMILES string of the molecule is CC(=O)O.CC1OC1Cl.CC1OC1Cl. The highest BCUT2D eigenvalue weighted by Gasteiger charge is 2.31. The summed E-state index contributed by atoms with van der Waals surface area (Å²) in [6, 6.07) is 0. The predicted molar refractivity (Wildman–Crippen MR) is 53.7 cm³/mol. The number of hydrogen-bond acceptors (Lipinski definition) is 3. The standard InChI is InChI=1S/2C3H5ClO.C2H4O2/c2*1-2-3(4)5-2;1-2(3)4/h2*2-3H,1H3;1H3,(H,3,4). The van der Waals surface area contributed by atoms with Gasteiger partial charge in [0.15, 0.2) is 11.1 Å². The van der Waals surface area contributed by atoms with Crippen LogP contribution < -0.4 is 0 Å². The summed E-state index contributed by atoms with van der Waals surface area (Å²) < 4.78 is 9.36. The lowest BCUT2D eigenvalue weighted by molar-refractivity contribution is -0.134. The maximum atomic E-state index is 9.00. The minimum absolute atomic E-state index is 0.0231. The van der Waals surface area contributed by atoms with Crippen molar-refractivity contribution in [3.05, 3.63) is 0 Å². The fourth-order valence-electron chi connectivity index (χ4n) is 0.319. The first-order valence-electron chi connectivity index (χ1n) is 4.13. The molecule has 6 heteroatoms. The Kier molecular flexibility index (Phi) is 6.44. The maximum absolute atomic E-state index is 9.00. The van der Waals surface area contributed by atoms with Crippen molar-refractivity contribution in [2.75, 3.05) is 0 Å². The number of carbonyl (C=O) groups is 1. The van der Waals surface area contributed by atoms with E-state index >= 15 is 0 Å². The second kappa shape index (κ2) is 6.45. The number of aliphatic carboxylic acids is 1. The van der Waals surface area contributed by atoms with E-state index in [1.54, 1.807) is 0 Å². The van der Waals surface area contributed by atoms with Gasteiger partial charge in [-0.1, -0.05) is 23.2 Å².